The van der Waals surface area contributed by atoms with Crippen molar-refractivity contribution in [2.24, 2.45) is 0 Å². The van der Waals surface area contributed by atoms with Crippen LogP contribution < -0.4 is 0 Å². The molecule has 1 aliphatic carbocycles. The lowest BCUT2D eigenvalue weighted by Gasteiger charge is -2.15. The predicted molar refractivity (Wildman–Crippen MR) is 82.2 cm³/mol. The average Bonchev–Trinajstić information content (AvgIpc) is 2.47. The summed E-state index contributed by atoms with van der Waals surface area (Å²) in [6, 6.07) is 14.2. The Bertz CT molecular complexity index is 755. The molecule has 0 saturated carbocycles. The number of ketones is 1. The smallest absolute Gasteiger partial charge is 0.160 e. The molecule has 20 heavy (non-hydrogen) atoms. The van der Waals surface area contributed by atoms with E-state index in [-0.39, 0.29) is 5.78 Å². The molecular formula is C19H14O. The van der Waals surface area contributed by atoms with Gasteiger partial charge in [0.25, 0.3) is 0 Å². The van der Waals surface area contributed by atoms with Crippen LogP contribution >= 0.6 is 0 Å². The number of allylic oxidation sites excluding steroid dienone is 2. The molecule has 0 amide bonds. The second kappa shape index (κ2) is 4.83. The van der Waals surface area contributed by atoms with Gasteiger partial charge in [0.05, 0.1) is 0 Å². The highest BCUT2D eigenvalue weighted by Crippen LogP contribution is 2.29. The zero-order valence-corrected chi connectivity index (χ0v) is 11.3. The molecule has 2 aromatic rings. The number of carbonyl (C=O) groups is 1. The summed E-state index contributed by atoms with van der Waals surface area (Å²) < 4.78 is 0. The van der Waals surface area contributed by atoms with Gasteiger partial charge in [0.1, 0.15) is 0 Å². The lowest BCUT2D eigenvalue weighted by Crippen LogP contribution is -2.08. The predicted octanol–water partition coefficient (Wildman–Crippen LogP) is 3.86. The second-order valence-corrected chi connectivity index (χ2v) is 5.06. The maximum atomic E-state index is 11.6. The zero-order chi connectivity index (χ0) is 14.1. The highest BCUT2D eigenvalue weighted by molar-refractivity contribution is 6.01. The van der Waals surface area contributed by atoms with Crippen LogP contribution in [0.3, 0.4) is 0 Å². The van der Waals surface area contributed by atoms with Gasteiger partial charge in [0.2, 0.25) is 0 Å². The Morgan fingerprint density at radius 2 is 1.75 bits per heavy atom. The van der Waals surface area contributed by atoms with Gasteiger partial charge in [-0.15, -0.1) is 6.42 Å². The Hall–Kier alpha value is -2.59. The first kappa shape index (κ1) is 12.4. The van der Waals surface area contributed by atoms with Crippen LogP contribution in [0.1, 0.15) is 23.6 Å². The van der Waals surface area contributed by atoms with Crippen molar-refractivity contribution in [3.8, 4) is 23.5 Å². The third kappa shape index (κ3) is 2.17. The number of rotatable bonds is 1. The van der Waals surface area contributed by atoms with Gasteiger partial charge < -0.3 is 0 Å². The van der Waals surface area contributed by atoms with Gasteiger partial charge in [-0.2, -0.15) is 0 Å². The summed E-state index contributed by atoms with van der Waals surface area (Å²) in [5, 5.41) is 0. The molecule has 0 saturated heterocycles. The van der Waals surface area contributed by atoms with Crippen molar-refractivity contribution in [3.05, 3.63) is 65.2 Å². The van der Waals surface area contributed by atoms with E-state index < -0.39 is 0 Å². The van der Waals surface area contributed by atoms with E-state index in [1.54, 1.807) is 6.08 Å². The van der Waals surface area contributed by atoms with Crippen molar-refractivity contribution >= 4 is 11.4 Å². The lowest BCUT2D eigenvalue weighted by molar-refractivity contribution is -0.114. The summed E-state index contributed by atoms with van der Waals surface area (Å²) in [6.07, 6.45) is 7.60. The molecule has 1 aliphatic rings. The molecule has 96 valence electrons. The fraction of sp³-hybridized carbons (Fsp3) is 0.105. The topological polar surface area (TPSA) is 17.1 Å². The standard InChI is InChI=1S/C19H14O/c1-3-14-4-6-15(7-5-14)16-8-9-17-11-18(20)10-13(2)19(17)12-16/h1,4-10,12H,11H2,2H3. The van der Waals surface area contributed by atoms with Crippen molar-refractivity contribution in [2.45, 2.75) is 13.3 Å². The van der Waals surface area contributed by atoms with Crippen LogP contribution in [-0.2, 0) is 11.2 Å². The Labute approximate surface area is 119 Å². The molecule has 0 spiro atoms. The molecule has 0 atom stereocenters. The number of hydrogen-bond donors (Lipinski definition) is 0. The van der Waals surface area contributed by atoms with E-state index in [4.69, 9.17) is 6.42 Å². The molecule has 3 rings (SSSR count). The van der Waals surface area contributed by atoms with E-state index in [1.165, 1.54) is 5.56 Å². The third-order valence-electron chi connectivity index (χ3n) is 3.66. The highest BCUT2D eigenvalue weighted by atomic mass is 16.1. The van der Waals surface area contributed by atoms with Gasteiger partial charge in [0.15, 0.2) is 5.78 Å². The number of hydrogen-bond acceptors (Lipinski definition) is 1. The van der Waals surface area contributed by atoms with Crippen LogP contribution in [0.5, 0.6) is 0 Å². The van der Waals surface area contributed by atoms with E-state index in [1.807, 2.05) is 37.3 Å². The molecular weight excluding hydrogens is 244 g/mol. The monoisotopic (exact) mass is 258 g/mol. The Balaban J connectivity index is 2.05. The molecule has 0 fully saturated rings. The molecule has 1 heteroatoms. The van der Waals surface area contributed by atoms with Crippen LogP contribution in [0.4, 0.5) is 0 Å². The molecule has 2 aromatic carbocycles. The molecule has 0 N–H and O–H groups in total. The van der Waals surface area contributed by atoms with Crippen molar-refractivity contribution in [3.63, 3.8) is 0 Å². The van der Waals surface area contributed by atoms with Crippen molar-refractivity contribution < 1.29 is 4.79 Å². The second-order valence-electron chi connectivity index (χ2n) is 5.06. The van der Waals surface area contributed by atoms with Crippen molar-refractivity contribution in [1.29, 1.82) is 0 Å². The van der Waals surface area contributed by atoms with E-state index in [0.29, 0.717) is 6.42 Å². The van der Waals surface area contributed by atoms with Crippen LogP contribution in [0.15, 0.2) is 48.5 Å². The molecule has 0 bridgehead atoms. The first-order valence-corrected chi connectivity index (χ1v) is 6.59. The lowest BCUT2D eigenvalue weighted by atomic mass is 9.88. The van der Waals surface area contributed by atoms with Gasteiger partial charge in [-0.25, -0.2) is 0 Å². The summed E-state index contributed by atoms with van der Waals surface area (Å²) in [4.78, 5) is 11.6. The molecule has 0 unspecified atom stereocenters. The van der Waals surface area contributed by atoms with Crippen LogP contribution in [0.25, 0.3) is 16.7 Å². The van der Waals surface area contributed by atoms with Gasteiger partial charge >= 0.3 is 0 Å². The maximum absolute atomic E-state index is 11.6. The molecule has 0 aromatic heterocycles. The first-order valence-electron chi connectivity index (χ1n) is 6.59. The van der Waals surface area contributed by atoms with Gasteiger partial charge in [-0.05, 0) is 59.0 Å². The largest absolute Gasteiger partial charge is 0.294 e. The Morgan fingerprint density at radius 3 is 2.45 bits per heavy atom. The van der Waals surface area contributed by atoms with Crippen LogP contribution in [0, 0.1) is 12.3 Å². The van der Waals surface area contributed by atoms with Gasteiger partial charge in [0, 0.05) is 12.0 Å². The normalized spacial score (nSPS) is 13.4. The zero-order valence-electron chi connectivity index (χ0n) is 11.3. The summed E-state index contributed by atoms with van der Waals surface area (Å²) >= 11 is 0. The number of carbonyl (C=O) groups excluding carboxylic acids is 1. The Kier molecular flexibility index (Phi) is 3.00. The van der Waals surface area contributed by atoms with Crippen LogP contribution in [-0.4, -0.2) is 5.78 Å². The van der Waals surface area contributed by atoms with Crippen LogP contribution in [0.2, 0.25) is 0 Å². The minimum Gasteiger partial charge on any atom is -0.294 e. The molecule has 0 aliphatic heterocycles. The first-order chi connectivity index (χ1) is 9.67. The fourth-order valence-corrected chi connectivity index (χ4v) is 2.59. The minimum atomic E-state index is 0.182. The third-order valence-corrected chi connectivity index (χ3v) is 3.66. The summed E-state index contributed by atoms with van der Waals surface area (Å²) in [5.41, 5.74) is 6.49. The molecule has 0 heterocycles. The maximum Gasteiger partial charge on any atom is 0.160 e. The number of benzene rings is 2. The average molecular weight is 258 g/mol. The number of fused-ring (bicyclic) bond motifs is 1. The van der Waals surface area contributed by atoms with Gasteiger partial charge in [-0.1, -0.05) is 30.2 Å². The van der Waals surface area contributed by atoms with Crippen molar-refractivity contribution in [1.82, 2.24) is 0 Å². The summed E-state index contributed by atoms with van der Waals surface area (Å²) in [7, 11) is 0. The quantitative estimate of drug-likeness (QED) is 0.710. The molecule has 0 radical (unpaired) electrons. The SMILES string of the molecule is C#Cc1ccc(-c2ccc3c(c2)C(C)=CC(=O)C3)cc1. The highest BCUT2D eigenvalue weighted by Gasteiger charge is 2.15. The van der Waals surface area contributed by atoms with Crippen molar-refractivity contribution in [2.75, 3.05) is 0 Å². The van der Waals surface area contributed by atoms with E-state index in [0.717, 1.165) is 27.8 Å². The summed E-state index contributed by atoms with van der Waals surface area (Å²) in [6.45, 7) is 1.99. The van der Waals surface area contributed by atoms with Gasteiger partial charge in [-0.3, -0.25) is 4.79 Å². The minimum absolute atomic E-state index is 0.182. The van der Waals surface area contributed by atoms with E-state index >= 15 is 0 Å². The Morgan fingerprint density at radius 1 is 1.05 bits per heavy atom. The molecule has 1 nitrogen and oxygen atoms in total. The fourth-order valence-electron chi connectivity index (χ4n) is 2.59. The van der Waals surface area contributed by atoms with E-state index in [2.05, 4.69) is 18.1 Å². The summed E-state index contributed by atoms with van der Waals surface area (Å²) in [5.74, 6) is 2.80. The van der Waals surface area contributed by atoms with E-state index in [9.17, 15) is 4.79 Å². The number of terminal acetylenes is 1.